The molecule has 0 saturated heterocycles. The first-order chi connectivity index (χ1) is 12.4. The number of hydrogen-bond donors (Lipinski definition) is 0. The molecule has 2 aromatic rings. The van der Waals surface area contributed by atoms with Gasteiger partial charge in [0, 0.05) is 52.7 Å². The fourth-order valence-corrected chi connectivity index (χ4v) is 3.31. The second-order valence-electron chi connectivity index (χ2n) is 6.98. The molecule has 1 atom stereocenters. The highest BCUT2D eigenvalue weighted by atomic mass is 16.2. The van der Waals surface area contributed by atoms with Crippen molar-refractivity contribution in [2.75, 3.05) is 44.5 Å². The maximum absolute atomic E-state index is 13.1. The molecule has 26 heavy (non-hydrogen) atoms. The van der Waals surface area contributed by atoms with E-state index in [1.54, 1.807) is 10.9 Å². The van der Waals surface area contributed by atoms with Crippen molar-refractivity contribution in [1.82, 2.24) is 24.6 Å². The molecule has 0 unspecified atom stereocenters. The Morgan fingerprint density at radius 3 is 2.58 bits per heavy atom. The van der Waals surface area contributed by atoms with Crippen molar-refractivity contribution in [3.05, 3.63) is 29.7 Å². The summed E-state index contributed by atoms with van der Waals surface area (Å²) < 4.78 is 1.74. The van der Waals surface area contributed by atoms with E-state index < -0.39 is 0 Å². The fourth-order valence-electron chi connectivity index (χ4n) is 3.31. The highest BCUT2D eigenvalue weighted by Gasteiger charge is 2.30. The van der Waals surface area contributed by atoms with Crippen LogP contribution in [0.25, 0.3) is 0 Å². The number of anilines is 2. The number of rotatable bonds is 5. The Morgan fingerprint density at radius 1 is 1.23 bits per heavy atom. The molecule has 3 rings (SSSR count). The minimum absolute atomic E-state index is 0.0956. The zero-order chi connectivity index (χ0) is 18.8. The van der Waals surface area contributed by atoms with Crippen LogP contribution in [0, 0.1) is 0 Å². The van der Waals surface area contributed by atoms with Gasteiger partial charge >= 0.3 is 0 Å². The van der Waals surface area contributed by atoms with Gasteiger partial charge in [-0.3, -0.25) is 9.48 Å². The zero-order valence-corrected chi connectivity index (χ0v) is 16.2. The first-order valence-electron chi connectivity index (χ1n) is 8.94. The predicted molar refractivity (Wildman–Crippen MR) is 101 cm³/mol. The van der Waals surface area contributed by atoms with Crippen LogP contribution >= 0.6 is 0 Å². The summed E-state index contributed by atoms with van der Waals surface area (Å²) in [6.07, 6.45) is 5.03. The molecule has 2 aromatic heterocycles. The lowest BCUT2D eigenvalue weighted by Crippen LogP contribution is -2.41. The molecule has 0 saturated carbocycles. The van der Waals surface area contributed by atoms with Crippen LogP contribution in [0.2, 0.25) is 0 Å². The number of carbonyl (C=O) groups excluding carboxylic acids is 1. The van der Waals surface area contributed by atoms with Crippen molar-refractivity contribution in [2.45, 2.75) is 32.4 Å². The monoisotopic (exact) mass is 357 g/mol. The molecule has 1 amide bonds. The van der Waals surface area contributed by atoms with Gasteiger partial charge in [0.05, 0.1) is 12.2 Å². The van der Waals surface area contributed by atoms with Gasteiger partial charge in [0.2, 0.25) is 11.9 Å². The van der Waals surface area contributed by atoms with E-state index in [9.17, 15) is 4.79 Å². The van der Waals surface area contributed by atoms with E-state index in [4.69, 9.17) is 4.98 Å². The van der Waals surface area contributed by atoms with E-state index >= 15 is 0 Å². The number of carbonyl (C=O) groups is 1. The molecule has 0 N–H and O–H groups in total. The number of aromatic nitrogens is 4. The van der Waals surface area contributed by atoms with Crippen molar-refractivity contribution in [3.8, 4) is 0 Å². The fraction of sp³-hybridized carbons (Fsp3) is 0.556. The quantitative estimate of drug-likeness (QED) is 0.804. The second-order valence-corrected chi connectivity index (χ2v) is 6.98. The third kappa shape index (κ3) is 3.36. The lowest BCUT2D eigenvalue weighted by Gasteiger charge is -2.33. The van der Waals surface area contributed by atoms with E-state index in [2.05, 4.69) is 10.1 Å². The van der Waals surface area contributed by atoms with Crippen LogP contribution in [0.3, 0.4) is 0 Å². The predicted octanol–water partition coefficient (Wildman–Crippen LogP) is 1.34. The molecule has 1 aliphatic rings. The summed E-state index contributed by atoms with van der Waals surface area (Å²) in [5, 5.41) is 4.25. The average Bonchev–Trinajstić information content (AvgIpc) is 3.14. The molecule has 8 heteroatoms. The third-order valence-electron chi connectivity index (χ3n) is 4.68. The molecule has 0 radical (unpaired) electrons. The standard InChI is InChI=1S/C18H27N7O/c1-6-15(25-10-7-9-19-25)17(26)24-11-8-13-14(12-24)20-18(23(4)5)21-16(13)22(2)3/h7,9-10,15H,6,8,11-12H2,1-5H3/t15-/m0/s1. The summed E-state index contributed by atoms with van der Waals surface area (Å²) in [7, 11) is 7.84. The first kappa shape index (κ1) is 18.2. The highest BCUT2D eigenvalue weighted by molar-refractivity contribution is 5.80. The molecule has 0 spiro atoms. The van der Waals surface area contributed by atoms with E-state index in [1.807, 2.05) is 62.1 Å². The van der Waals surface area contributed by atoms with Crippen LogP contribution in [-0.4, -0.2) is 65.3 Å². The number of nitrogens with zero attached hydrogens (tertiary/aromatic N) is 7. The zero-order valence-electron chi connectivity index (χ0n) is 16.2. The molecular weight excluding hydrogens is 330 g/mol. The molecule has 140 valence electrons. The Morgan fingerprint density at radius 2 is 2.00 bits per heavy atom. The first-order valence-corrected chi connectivity index (χ1v) is 8.94. The lowest BCUT2D eigenvalue weighted by molar-refractivity contribution is -0.136. The van der Waals surface area contributed by atoms with Gasteiger partial charge in [0.1, 0.15) is 11.9 Å². The van der Waals surface area contributed by atoms with Crippen LogP contribution in [0.15, 0.2) is 18.5 Å². The Balaban J connectivity index is 1.90. The average molecular weight is 357 g/mol. The molecule has 0 bridgehead atoms. The smallest absolute Gasteiger partial charge is 0.247 e. The normalized spacial score (nSPS) is 14.7. The van der Waals surface area contributed by atoms with Crippen LogP contribution in [0.1, 0.15) is 30.6 Å². The Bertz CT molecular complexity index is 770. The van der Waals surface area contributed by atoms with Gasteiger partial charge in [-0.2, -0.15) is 10.1 Å². The van der Waals surface area contributed by atoms with Crippen LogP contribution in [0.4, 0.5) is 11.8 Å². The molecule has 1 aliphatic heterocycles. The van der Waals surface area contributed by atoms with E-state index in [1.165, 1.54) is 0 Å². The van der Waals surface area contributed by atoms with Gasteiger partial charge in [-0.05, 0) is 18.9 Å². The minimum Gasteiger partial charge on any atom is -0.362 e. The van der Waals surface area contributed by atoms with Crippen molar-refractivity contribution < 1.29 is 4.79 Å². The molecule has 0 aliphatic carbocycles. The number of amides is 1. The van der Waals surface area contributed by atoms with Gasteiger partial charge in [-0.1, -0.05) is 6.92 Å². The van der Waals surface area contributed by atoms with Crippen molar-refractivity contribution in [3.63, 3.8) is 0 Å². The van der Waals surface area contributed by atoms with Crippen LogP contribution < -0.4 is 9.80 Å². The number of fused-ring (bicyclic) bond motifs is 1. The van der Waals surface area contributed by atoms with Gasteiger partial charge in [0.25, 0.3) is 0 Å². The topological polar surface area (TPSA) is 70.4 Å². The van der Waals surface area contributed by atoms with Gasteiger partial charge in [0.15, 0.2) is 0 Å². The molecule has 0 aromatic carbocycles. The Hall–Kier alpha value is -2.64. The summed E-state index contributed by atoms with van der Waals surface area (Å²) in [6.45, 7) is 3.20. The summed E-state index contributed by atoms with van der Waals surface area (Å²) in [5.74, 6) is 1.70. The van der Waals surface area contributed by atoms with Crippen LogP contribution in [0.5, 0.6) is 0 Å². The highest BCUT2D eigenvalue weighted by Crippen LogP contribution is 2.28. The van der Waals surface area contributed by atoms with Gasteiger partial charge in [-0.25, -0.2) is 4.98 Å². The van der Waals surface area contributed by atoms with Gasteiger partial charge < -0.3 is 14.7 Å². The third-order valence-corrected chi connectivity index (χ3v) is 4.68. The van der Waals surface area contributed by atoms with Crippen molar-refractivity contribution >= 4 is 17.7 Å². The largest absolute Gasteiger partial charge is 0.362 e. The van der Waals surface area contributed by atoms with Crippen molar-refractivity contribution in [1.29, 1.82) is 0 Å². The van der Waals surface area contributed by atoms with E-state index in [0.717, 1.165) is 23.5 Å². The SMILES string of the molecule is CC[C@@H](C(=O)N1CCc2c(nc(N(C)C)nc2N(C)C)C1)n1cccn1. The summed E-state index contributed by atoms with van der Waals surface area (Å²) in [5.41, 5.74) is 2.07. The molecular formula is C18H27N7O. The Kier molecular flexibility index (Phi) is 5.11. The minimum atomic E-state index is -0.268. The molecule has 8 nitrogen and oxygen atoms in total. The van der Waals surface area contributed by atoms with Crippen LogP contribution in [-0.2, 0) is 17.8 Å². The second kappa shape index (κ2) is 7.31. The molecule has 0 fully saturated rings. The summed E-state index contributed by atoms with van der Waals surface area (Å²) in [4.78, 5) is 28.3. The Labute approximate surface area is 154 Å². The lowest BCUT2D eigenvalue weighted by atomic mass is 10.0. The maximum Gasteiger partial charge on any atom is 0.247 e. The maximum atomic E-state index is 13.1. The summed E-state index contributed by atoms with van der Waals surface area (Å²) >= 11 is 0. The van der Waals surface area contributed by atoms with Gasteiger partial charge in [-0.15, -0.1) is 0 Å². The number of hydrogen-bond acceptors (Lipinski definition) is 6. The van der Waals surface area contributed by atoms with E-state index in [-0.39, 0.29) is 11.9 Å². The van der Waals surface area contributed by atoms with E-state index in [0.29, 0.717) is 25.5 Å². The summed E-state index contributed by atoms with van der Waals surface area (Å²) in [6, 6.07) is 1.58. The van der Waals surface area contributed by atoms with Crippen molar-refractivity contribution in [2.24, 2.45) is 0 Å². The molecule has 3 heterocycles.